The van der Waals surface area contributed by atoms with E-state index in [4.69, 9.17) is 12.8 Å². The van der Waals surface area contributed by atoms with Crippen molar-refractivity contribution in [2.75, 3.05) is 0 Å². The molecule has 0 bridgehead atoms. The first-order chi connectivity index (χ1) is 11.0. The summed E-state index contributed by atoms with van der Waals surface area (Å²) in [5.41, 5.74) is 9.89. The van der Waals surface area contributed by atoms with Crippen LogP contribution in [0.2, 0.25) is 48.7 Å². The van der Waals surface area contributed by atoms with Crippen LogP contribution in [0.4, 0.5) is 0 Å². The molecule has 0 aromatic rings. The molecule has 1 aliphatic heterocycles. The zero-order chi connectivity index (χ0) is 18.9. The second kappa shape index (κ2) is 7.64. The van der Waals surface area contributed by atoms with Gasteiger partial charge >= 0.3 is 159 Å². The molecular formula is C20H35BSi2Sn. The molecule has 0 aromatic carbocycles. The first-order valence-corrected chi connectivity index (χ1v) is 24.0. The average Bonchev–Trinajstić information content (AvgIpc) is 2.76. The minimum absolute atomic E-state index is 0.658. The van der Waals surface area contributed by atoms with E-state index >= 15 is 0 Å². The van der Waals surface area contributed by atoms with Crippen molar-refractivity contribution in [1.82, 2.24) is 0 Å². The topological polar surface area (TPSA) is 0 Å². The van der Waals surface area contributed by atoms with Crippen LogP contribution >= 0.6 is 0 Å². The summed E-state index contributed by atoms with van der Waals surface area (Å²) in [7, 11) is -3.61. The van der Waals surface area contributed by atoms with Crippen molar-refractivity contribution in [2.45, 2.75) is 75.9 Å². The molecule has 0 atom stereocenters. The summed E-state index contributed by atoms with van der Waals surface area (Å²) in [6, 6.07) is 0. The van der Waals surface area contributed by atoms with Gasteiger partial charge in [-0.3, -0.25) is 0 Å². The first-order valence-electron chi connectivity index (χ1n) is 9.41. The summed E-state index contributed by atoms with van der Waals surface area (Å²) in [6.07, 6.45) is 15.7. The number of allylic oxidation sites excluding steroid dienone is 2. The fraction of sp³-hybridized carbons (Fsp3) is 0.600. The molecule has 0 aliphatic carbocycles. The van der Waals surface area contributed by atoms with E-state index in [1.165, 1.54) is 12.6 Å². The second-order valence-corrected chi connectivity index (χ2v) is 31.7. The van der Waals surface area contributed by atoms with E-state index in [2.05, 4.69) is 67.9 Å². The van der Waals surface area contributed by atoms with Gasteiger partial charge in [-0.15, -0.1) is 0 Å². The molecule has 24 heavy (non-hydrogen) atoms. The third kappa shape index (κ3) is 3.55. The van der Waals surface area contributed by atoms with Crippen molar-refractivity contribution in [1.29, 1.82) is 0 Å². The molecule has 0 amide bonds. The Bertz CT molecular complexity index is 650. The third-order valence-corrected chi connectivity index (χ3v) is 38.2. The fourth-order valence-electron chi connectivity index (χ4n) is 5.06. The van der Waals surface area contributed by atoms with Gasteiger partial charge < -0.3 is 0 Å². The Morgan fingerprint density at radius 3 is 1.62 bits per heavy atom. The quantitative estimate of drug-likeness (QED) is 0.352. The minimum atomic E-state index is -2.67. The van der Waals surface area contributed by atoms with E-state index in [9.17, 15) is 0 Å². The Morgan fingerprint density at radius 2 is 1.29 bits per heavy atom. The number of hydrogen-bond donors (Lipinski definition) is 0. The van der Waals surface area contributed by atoms with Crippen LogP contribution in [-0.4, -0.2) is 41.2 Å². The molecule has 1 rings (SSSR count). The summed E-state index contributed by atoms with van der Waals surface area (Å²) in [6.45, 7) is 17.2. The molecule has 1 aliphatic rings. The van der Waals surface area contributed by atoms with Crippen LogP contribution in [-0.2, 0) is 0 Å². The Labute approximate surface area is 157 Å². The number of terminal acetylenes is 2. The summed E-state index contributed by atoms with van der Waals surface area (Å²) in [4.78, 5) is 5.20. The SMILES string of the molecule is C#C[Si](C)(C)[C]1=C(CC)C(B(CC)CC)=[C]([Si](C)(C)C#C)[Sn]1([CH3])[CH3]. The van der Waals surface area contributed by atoms with Crippen LogP contribution in [0, 0.1) is 23.9 Å². The molecule has 0 N–H and O–H groups in total. The van der Waals surface area contributed by atoms with Crippen LogP contribution < -0.4 is 0 Å². The van der Waals surface area contributed by atoms with E-state index in [1.54, 1.807) is 17.5 Å². The van der Waals surface area contributed by atoms with Gasteiger partial charge in [-0.05, 0) is 0 Å². The zero-order valence-corrected chi connectivity index (χ0v) is 22.2. The van der Waals surface area contributed by atoms with Crippen molar-refractivity contribution in [2.24, 2.45) is 0 Å². The Morgan fingerprint density at radius 1 is 0.875 bits per heavy atom. The zero-order valence-electron chi connectivity index (χ0n) is 17.4. The van der Waals surface area contributed by atoms with Crippen LogP contribution in [0.15, 0.2) is 17.5 Å². The van der Waals surface area contributed by atoms with Crippen LogP contribution in [0.1, 0.15) is 27.2 Å². The Balaban J connectivity index is 3.94. The summed E-state index contributed by atoms with van der Waals surface area (Å²) in [5.74, 6) is 0. The van der Waals surface area contributed by atoms with Gasteiger partial charge in [-0.1, -0.05) is 0 Å². The molecule has 130 valence electrons. The monoisotopic (exact) mass is 462 g/mol. The maximum atomic E-state index is 6.09. The molecular weight excluding hydrogens is 426 g/mol. The van der Waals surface area contributed by atoms with E-state index in [1.807, 2.05) is 0 Å². The summed E-state index contributed by atoms with van der Waals surface area (Å²) < 4.78 is 3.59. The number of rotatable bonds is 6. The van der Waals surface area contributed by atoms with Gasteiger partial charge in [-0.25, -0.2) is 0 Å². The van der Waals surface area contributed by atoms with E-state index < -0.39 is 34.5 Å². The molecule has 0 spiro atoms. The van der Waals surface area contributed by atoms with E-state index in [0.717, 1.165) is 6.42 Å². The predicted molar refractivity (Wildman–Crippen MR) is 121 cm³/mol. The van der Waals surface area contributed by atoms with Gasteiger partial charge in [0.2, 0.25) is 0 Å². The van der Waals surface area contributed by atoms with Crippen molar-refractivity contribution >= 4 is 41.2 Å². The molecule has 0 nitrogen and oxygen atoms in total. The molecule has 0 fully saturated rings. The van der Waals surface area contributed by atoms with Gasteiger partial charge in [0.1, 0.15) is 0 Å². The molecule has 0 radical (unpaired) electrons. The number of hydrogen-bond acceptors (Lipinski definition) is 0. The van der Waals surface area contributed by atoms with Gasteiger partial charge in [0.05, 0.1) is 0 Å². The average molecular weight is 461 g/mol. The summed E-state index contributed by atoms with van der Waals surface area (Å²) in [5, 5.41) is 0. The van der Waals surface area contributed by atoms with Gasteiger partial charge in [0.15, 0.2) is 0 Å². The Kier molecular flexibility index (Phi) is 6.99. The predicted octanol–water partition coefficient (Wildman–Crippen LogP) is 5.70. The van der Waals surface area contributed by atoms with Crippen LogP contribution in [0.5, 0.6) is 0 Å². The molecule has 1 heterocycles. The van der Waals surface area contributed by atoms with Gasteiger partial charge in [0.25, 0.3) is 0 Å². The van der Waals surface area contributed by atoms with Gasteiger partial charge in [-0.2, -0.15) is 0 Å². The molecule has 0 aromatic heterocycles. The standard InChI is InChI=1S/C18H29BSi2.2CH3.Sn/c1-10-17(15-20(6,7)13-4)18(19(11-2)12-3)16-21(8,9)14-5;;;/h4-5H,10-12H2,1-3,6-9H3;2*1H3;. The Hall–Kier alpha value is -0.103. The van der Waals surface area contributed by atoms with E-state index in [-0.39, 0.29) is 0 Å². The van der Waals surface area contributed by atoms with Crippen molar-refractivity contribution < 1.29 is 0 Å². The molecule has 4 heteroatoms. The second-order valence-electron chi connectivity index (χ2n) is 8.67. The molecule has 0 saturated heterocycles. The van der Waals surface area contributed by atoms with Crippen molar-refractivity contribution in [3.63, 3.8) is 0 Å². The van der Waals surface area contributed by atoms with Crippen LogP contribution in [0.3, 0.4) is 0 Å². The van der Waals surface area contributed by atoms with Crippen molar-refractivity contribution in [3.05, 3.63) is 17.5 Å². The van der Waals surface area contributed by atoms with E-state index in [0.29, 0.717) is 6.71 Å². The van der Waals surface area contributed by atoms with Gasteiger partial charge in [0, 0.05) is 0 Å². The summed E-state index contributed by atoms with van der Waals surface area (Å²) >= 11 is -2.67. The van der Waals surface area contributed by atoms with Crippen LogP contribution in [0.25, 0.3) is 0 Å². The fourth-order valence-corrected chi connectivity index (χ4v) is 47.8. The van der Waals surface area contributed by atoms with Crippen molar-refractivity contribution in [3.8, 4) is 23.9 Å². The third-order valence-electron chi connectivity index (χ3n) is 5.87. The normalized spacial score (nSPS) is 17.8. The molecule has 0 unspecified atom stereocenters. The first kappa shape index (κ1) is 21.9. The molecule has 0 saturated carbocycles. The maximum absolute atomic E-state index is 6.09.